The minimum atomic E-state index is -0.290. The third kappa shape index (κ3) is 9.63. The Bertz CT molecular complexity index is 2880. The smallest absolute Gasteiger partial charge is 0.128 e. The summed E-state index contributed by atoms with van der Waals surface area (Å²) in [6.07, 6.45) is 0. The summed E-state index contributed by atoms with van der Waals surface area (Å²) in [6.45, 7) is 33.1. The minimum Gasteiger partial charge on any atom is -0.507 e. The maximum atomic E-state index is 12.1. The van der Waals surface area contributed by atoms with Crippen molar-refractivity contribution >= 4 is 11.0 Å². The van der Waals surface area contributed by atoms with Gasteiger partial charge in [-0.25, -0.2) is 0 Å². The summed E-state index contributed by atoms with van der Waals surface area (Å²) in [7, 11) is 0. The van der Waals surface area contributed by atoms with E-state index < -0.39 is 0 Å². The third-order valence-electron chi connectivity index (χ3n) is 12.0. The minimum absolute atomic E-state index is 0. The third-order valence-corrected chi connectivity index (χ3v) is 12.0. The maximum absolute atomic E-state index is 12.1. The maximum Gasteiger partial charge on any atom is 0.128 e. The van der Waals surface area contributed by atoms with Crippen LogP contribution in [0, 0.1) is 17.4 Å². The summed E-state index contributed by atoms with van der Waals surface area (Å²) < 4.78 is 2.21. The zero-order valence-electron chi connectivity index (χ0n) is 39.9. The van der Waals surface area contributed by atoms with E-state index in [4.69, 9.17) is 9.97 Å². The molecule has 5 aromatic carbocycles. The number of benzene rings is 5. The number of imidazole rings is 1. The number of aromatic hydroxyl groups is 1. The molecule has 6 heteroatoms. The van der Waals surface area contributed by atoms with E-state index in [-0.39, 0.29) is 53.9 Å². The molecule has 2 heterocycles. The van der Waals surface area contributed by atoms with Crippen LogP contribution >= 0.6 is 0 Å². The van der Waals surface area contributed by atoms with Crippen LogP contribution in [0.2, 0.25) is 0 Å². The van der Waals surface area contributed by atoms with E-state index in [0.717, 1.165) is 84.0 Å². The molecule has 0 fully saturated rings. The molecule has 0 aliphatic carbocycles. The van der Waals surface area contributed by atoms with Gasteiger partial charge in [0.25, 0.3) is 0 Å². The molecule has 0 aliphatic rings. The molecule has 0 unspecified atom stereocenters. The van der Waals surface area contributed by atoms with Gasteiger partial charge in [0.15, 0.2) is 0 Å². The van der Waals surface area contributed by atoms with Gasteiger partial charge in [-0.05, 0) is 91.8 Å². The summed E-state index contributed by atoms with van der Waals surface area (Å²) in [4.78, 5) is 10.8. The first-order valence-electron chi connectivity index (χ1n) is 21.9. The van der Waals surface area contributed by atoms with E-state index in [0.29, 0.717) is 5.56 Å². The van der Waals surface area contributed by atoms with Crippen LogP contribution in [0.3, 0.4) is 0 Å². The van der Waals surface area contributed by atoms with Crippen LogP contribution in [0.25, 0.3) is 61.8 Å². The van der Waals surface area contributed by atoms with Crippen molar-refractivity contribution in [1.82, 2.24) is 14.5 Å². The molecule has 2 aromatic heterocycles. The van der Waals surface area contributed by atoms with Crippen LogP contribution in [0.5, 0.6) is 5.75 Å². The first-order chi connectivity index (χ1) is 28.7. The van der Waals surface area contributed by atoms with E-state index >= 15 is 0 Å². The molecule has 0 aliphatic heterocycles. The average Bonchev–Trinajstić information content (AvgIpc) is 3.57. The number of nitriles is 1. The van der Waals surface area contributed by atoms with Gasteiger partial charge in [-0.3, -0.25) is 9.97 Å². The van der Waals surface area contributed by atoms with Crippen LogP contribution < -0.4 is 0 Å². The van der Waals surface area contributed by atoms with Crippen molar-refractivity contribution in [3.8, 4) is 62.5 Å². The number of fused-ring (bicyclic) bond motifs is 1. The Morgan fingerprint density at radius 1 is 0.540 bits per heavy atom. The molecule has 7 rings (SSSR count). The molecular weight excluding hydrogens is 952 g/mol. The van der Waals surface area contributed by atoms with Gasteiger partial charge in [-0.1, -0.05) is 164 Å². The molecule has 0 spiro atoms. The Morgan fingerprint density at radius 2 is 1.10 bits per heavy atom. The fourth-order valence-corrected chi connectivity index (χ4v) is 7.95. The Kier molecular flexibility index (Phi) is 12.5. The number of phenolic OH excluding ortho intramolecular Hbond substituents is 1. The van der Waals surface area contributed by atoms with Gasteiger partial charge in [0.1, 0.15) is 5.75 Å². The van der Waals surface area contributed by atoms with Gasteiger partial charge < -0.3 is 9.67 Å². The van der Waals surface area contributed by atoms with Crippen LogP contribution in [-0.4, -0.2) is 19.6 Å². The van der Waals surface area contributed by atoms with Crippen molar-refractivity contribution in [1.29, 1.82) is 5.26 Å². The number of hydrogen-bond donors (Lipinski definition) is 1. The van der Waals surface area contributed by atoms with Crippen molar-refractivity contribution in [2.45, 2.75) is 131 Å². The molecule has 0 atom stereocenters. The first-order valence-corrected chi connectivity index (χ1v) is 21.9. The first kappa shape index (κ1) is 47.2. The number of aromatic nitrogens is 3. The van der Waals surface area contributed by atoms with Crippen LogP contribution in [0.15, 0.2) is 103 Å². The number of phenols is 1. The molecular formula is C57H63N4OPt-. The SMILES string of the molecule is CC(C)(C)c1cc(-c2cc(C(C)(C)C)cc(-c3cc(C(C)(C)C)cc(C(C)(C)C)c3O)n2)[c-]c(-c2nc3ccc(C#N)cc3n2-c2ccc(C(C)(C)C)cc2-c2ccccc2)c1.[Pt]. The molecule has 1 N–H and O–H groups in total. The molecule has 0 bridgehead atoms. The van der Waals surface area contributed by atoms with E-state index in [1.807, 2.05) is 24.3 Å². The van der Waals surface area contributed by atoms with Gasteiger partial charge in [0.2, 0.25) is 0 Å². The second kappa shape index (κ2) is 16.7. The summed E-state index contributed by atoms with van der Waals surface area (Å²) in [5, 5.41) is 22.2. The zero-order chi connectivity index (χ0) is 45.3. The van der Waals surface area contributed by atoms with Gasteiger partial charge >= 0.3 is 0 Å². The number of hydrogen-bond acceptors (Lipinski definition) is 4. The Labute approximate surface area is 390 Å². The fraction of sp³-hybridized carbons (Fsp3) is 0.351. The Balaban J connectivity index is 0.00000661. The fourth-order valence-electron chi connectivity index (χ4n) is 7.95. The molecule has 328 valence electrons. The molecule has 0 amide bonds. The van der Waals surface area contributed by atoms with Crippen LogP contribution in [0.4, 0.5) is 0 Å². The Morgan fingerprint density at radius 3 is 1.68 bits per heavy atom. The summed E-state index contributed by atoms with van der Waals surface area (Å²) in [5.41, 5.74) is 13.7. The molecule has 5 nitrogen and oxygen atoms in total. The van der Waals surface area contributed by atoms with Crippen molar-refractivity contribution < 1.29 is 26.2 Å². The molecule has 0 saturated carbocycles. The monoisotopic (exact) mass is 1010 g/mol. The van der Waals surface area contributed by atoms with Gasteiger partial charge in [0, 0.05) is 49.1 Å². The number of pyridine rings is 1. The number of nitrogens with zero attached hydrogens (tertiary/aromatic N) is 4. The second-order valence-electron chi connectivity index (χ2n) is 22.2. The zero-order valence-corrected chi connectivity index (χ0v) is 42.1. The van der Waals surface area contributed by atoms with Gasteiger partial charge in [-0.15, -0.1) is 23.8 Å². The second-order valence-corrected chi connectivity index (χ2v) is 22.2. The summed E-state index contributed by atoms with van der Waals surface area (Å²) in [5.74, 6) is 0.987. The summed E-state index contributed by atoms with van der Waals surface area (Å²) >= 11 is 0. The molecule has 63 heavy (non-hydrogen) atoms. The van der Waals surface area contributed by atoms with Gasteiger partial charge in [0.05, 0.1) is 34.2 Å². The molecule has 7 aromatic rings. The van der Waals surface area contributed by atoms with Crippen molar-refractivity contribution in [3.05, 3.63) is 143 Å². The van der Waals surface area contributed by atoms with Gasteiger partial charge in [-0.2, -0.15) is 5.26 Å². The van der Waals surface area contributed by atoms with Crippen LogP contribution in [0.1, 0.15) is 137 Å². The molecule has 0 radical (unpaired) electrons. The summed E-state index contributed by atoms with van der Waals surface area (Å²) in [6, 6.07) is 42.2. The predicted octanol–water partition coefficient (Wildman–Crippen LogP) is 15.0. The van der Waals surface area contributed by atoms with Crippen molar-refractivity contribution in [2.24, 2.45) is 0 Å². The quantitative estimate of drug-likeness (QED) is 0.174. The molecule has 0 saturated heterocycles. The average molecular weight is 1020 g/mol. The Hall–Kier alpha value is -5.30. The van der Waals surface area contributed by atoms with E-state index in [1.54, 1.807) is 0 Å². The van der Waals surface area contributed by atoms with Crippen LogP contribution in [-0.2, 0) is 48.1 Å². The van der Waals surface area contributed by atoms with Crippen molar-refractivity contribution in [2.75, 3.05) is 0 Å². The normalized spacial score (nSPS) is 12.6. The standard InChI is InChI=1S/C57H63N4O.Pt/c1-53(2,3)39-22-24-49(43(29-39)36-19-17-16-18-20-36)61-50-25-35(34-58)21-23-46(50)60-52(61)38-26-37(27-40(28-38)54(4,5)6)47-32-42(56(10,11)12)33-48(59-47)44-30-41(55(7,8)9)31-45(51(44)62)57(13,14)15;/h16-25,27-33,62H,1-15H3;/q-1;. The van der Waals surface area contributed by atoms with Crippen molar-refractivity contribution in [3.63, 3.8) is 0 Å². The van der Waals surface area contributed by atoms with E-state index in [2.05, 4.69) is 199 Å². The van der Waals surface area contributed by atoms with E-state index in [1.165, 1.54) is 5.56 Å². The largest absolute Gasteiger partial charge is 0.507 e. The number of rotatable bonds is 5. The topological polar surface area (TPSA) is 74.7 Å². The predicted molar refractivity (Wildman–Crippen MR) is 259 cm³/mol. The van der Waals surface area contributed by atoms with E-state index in [9.17, 15) is 10.4 Å².